The zero-order chi connectivity index (χ0) is 20.3. The van der Waals surface area contributed by atoms with E-state index in [0.717, 1.165) is 18.7 Å². The quantitative estimate of drug-likeness (QED) is 0.711. The van der Waals surface area contributed by atoms with Crippen LogP contribution in [0.1, 0.15) is 25.3 Å². The van der Waals surface area contributed by atoms with Crippen molar-refractivity contribution >= 4 is 17.5 Å². The summed E-state index contributed by atoms with van der Waals surface area (Å²) in [6.45, 7) is 6.13. The van der Waals surface area contributed by atoms with Crippen LogP contribution >= 0.6 is 0 Å². The van der Waals surface area contributed by atoms with E-state index in [1.807, 2.05) is 65.3 Å². The van der Waals surface area contributed by atoms with E-state index in [1.165, 1.54) is 5.69 Å². The molecule has 2 aromatic rings. The summed E-state index contributed by atoms with van der Waals surface area (Å²) >= 11 is 0. The Bertz CT molecular complexity index is 841. The molecule has 29 heavy (non-hydrogen) atoms. The van der Waals surface area contributed by atoms with Crippen molar-refractivity contribution in [2.45, 2.75) is 26.3 Å². The molecule has 1 saturated heterocycles. The number of nitrogens with zero attached hydrogens (tertiary/aromatic N) is 3. The van der Waals surface area contributed by atoms with Gasteiger partial charge in [0, 0.05) is 45.0 Å². The Morgan fingerprint density at radius 3 is 2.03 bits per heavy atom. The second-order valence-electron chi connectivity index (χ2n) is 8.00. The van der Waals surface area contributed by atoms with Gasteiger partial charge in [-0.1, -0.05) is 48.5 Å². The van der Waals surface area contributed by atoms with Crippen molar-refractivity contribution in [1.29, 1.82) is 0 Å². The van der Waals surface area contributed by atoms with Crippen LogP contribution in [0.5, 0.6) is 0 Å². The lowest BCUT2D eigenvalue weighted by Crippen LogP contribution is -2.53. The van der Waals surface area contributed by atoms with E-state index < -0.39 is 5.41 Å². The van der Waals surface area contributed by atoms with Gasteiger partial charge in [0.15, 0.2) is 0 Å². The summed E-state index contributed by atoms with van der Waals surface area (Å²) in [7, 11) is 0. The number of anilines is 1. The SMILES string of the molecule is CCN(Cc1ccccc1)C(=O)C1(C(=O)N2CCN(c3ccccc3)CC2)CC1. The second-order valence-corrected chi connectivity index (χ2v) is 8.00. The highest BCUT2D eigenvalue weighted by Gasteiger charge is 2.59. The predicted octanol–water partition coefficient (Wildman–Crippen LogP) is 3.16. The molecule has 152 valence electrons. The van der Waals surface area contributed by atoms with E-state index >= 15 is 0 Å². The van der Waals surface area contributed by atoms with Crippen LogP contribution in [-0.4, -0.2) is 54.3 Å². The summed E-state index contributed by atoms with van der Waals surface area (Å²) in [5.41, 5.74) is 1.47. The fourth-order valence-electron chi connectivity index (χ4n) is 4.19. The van der Waals surface area contributed by atoms with Crippen molar-refractivity contribution in [3.63, 3.8) is 0 Å². The monoisotopic (exact) mass is 391 g/mol. The zero-order valence-corrected chi connectivity index (χ0v) is 17.1. The van der Waals surface area contributed by atoms with Crippen LogP contribution in [0.2, 0.25) is 0 Å². The molecule has 2 fully saturated rings. The van der Waals surface area contributed by atoms with E-state index in [2.05, 4.69) is 17.0 Å². The van der Waals surface area contributed by atoms with Crippen molar-refractivity contribution in [1.82, 2.24) is 9.80 Å². The van der Waals surface area contributed by atoms with E-state index in [-0.39, 0.29) is 11.8 Å². The first-order valence-electron chi connectivity index (χ1n) is 10.6. The Morgan fingerprint density at radius 2 is 1.48 bits per heavy atom. The molecule has 0 spiro atoms. The first-order valence-corrected chi connectivity index (χ1v) is 10.6. The smallest absolute Gasteiger partial charge is 0.238 e. The molecule has 1 heterocycles. The first-order chi connectivity index (χ1) is 14.1. The Balaban J connectivity index is 1.39. The topological polar surface area (TPSA) is 43.9 Å². The normalized spacial score (nSPS) is 17.7. The van der Waals surface area contributed by atoms with Crippen LogP contribution in [-0.2, 0) is 16.1 Å². The first kappa shape index (κ1) is 19.5. The predicted molar refractivity (Wildman–Crippen MR) is 114 cm³/mol. The summed E-state index contributed by atoms with van der Waals surface area (Å²) in [5.74, 6) is 0.0288. The molecule has 4 rings (SSSR count). The number of benzene rings is 2. The maximum Gasteiger partial charge on any atom is 0.238 e. The van der Waals surface area contributed by atoms with Crippen LogP contribution < -0.4 is 4.90 Å². The lowest BCUT2D eigenvalue weighted by Gasteiger charge is -2.38. The molecular weight excluding hydrogens is 362 g/mol. The molecule has 0 atom stereocenters. The van der Waals surface area contributed by atoms with Gasteiger partial charge < -0.3 is 14.7 Å². The summed E-state index contributed by atoms with van der Waals surface area (Å²) in [6.07, 6.45) is 1.35. The lowest BCUT2D eigenvalue weighted by molar-refractivity contribution is -0.150. The van der Waals surface area contributed by atoms with Gasteiger partial charge in [-0.2, -0.15) is 0 Å². The van der Waals surface area contributed by atoms with Crippen LogP contribution in [0.15, 0.2) is 60.7 Å². The molecule has 0 bridgehead atoms. The zero-order valence-electron chi connectivity index (χ0n) is 17.1. The van der Waals surface area contributed by atoms with Crippen LogP contribution in [0.3, 0.4) is 0 Å². The van der Waals surface area contributed by atoms with Gasteiger partial charge in [0.05, 0.1) is 0 Å². The van der Waals surface area contributed by atoms with Gasteiger partial charge in [-0.25, -0.2) is 0 Å². The van der Waals surface area contributed by atoms with Gasteiger partial charge in [0.25, 0.3) is 0 Å². The molecule has 0 radical (unpaired) electrons. The Morgan fingerprint density at radius 1 is 0.897 bits per heavy atom. The molecule has 2 aromatic carbocycles. The number of amides is 2. The Kier molecular flexibility index (Phi) is 5.56. The van der Waals surface area contributed by atoms with Crippen molar-refractivity contribution in [2.75, 3.05) is 37.6 Å². The molecule has 1 aliphatic heterocycles. The number of carbonyl (C=O) groups is 2. The minimum absolute atomic E-state index is 0.000609. The number of hydrogen-bond acceptors (Lipinski definition) is 3. The van der Waals surface area contributed by atoms with E-state index in [4.69, 9.17) is 0 Å². The molecule has 2 amide bonds. The number of piperazine rings is 1. The molecule has 1 aliphatic carbocycles. The molecule has 0 N–H and O–H groups in total. The molecular formula is C24H29N3O2. The number of carbonyl (C=O) groups excluding carboxylic acids is 2. The fourth-order valence-corrected chi connectivity index (χ4v) is 4.19. The molecule has 5 heteroatoms. The van der Waals surface area contributed by atoms with Crippen molar-refractivity contribution in [2.24, 2.45) is 5.41 Å². The minimum Gasteiger partial charge on any atom is -0.368 e. The molecule has 0 unspecified atom stereocenters. The highest BCUT2D eigenvalue weighted by Crippen LogP contribution is 2.49. The van der Waals surface area contributed by atoms with Crippen LogP contribution in [0, 0.1) is 5.41 Å². The van der Waals surface area contributed by atoms with Gasteiger partial charge in [-0.15, -0.1) is 0 Å². The summed E-state index contributed by atoms with van der Waals surface area (Å²) in [6, 6.07) is 20.3. The van der Waals surface area contributed by atoms with E-state index in [9.17, 15) is 9.59 Å². The second kappa shape index (κ2) is 8.27. The molecule has 2 aliphatic rings. The van der Waals surface area contributed by atoms with Gasteiger partial charge in [0.1, 0.15) is 5.41 Å². The number of hydrogen-bond donors (Lipinski definition) is 0. The molecule has 1 saturated carbocycles. The van der Waals surface area contributed by atoms with Crippen molar-refractivity contribution < 1.29 is 9.59 Å². The maximum absolute atomic E-state index is 13.3. The fraction of sp³-hybridized carbons (Fsp3) is 0.417. The van der Waals surface area contributed by atoms with Crippen molar-refractivity contribution in [3.8, 4) is 0 Å². The minimum atomic E-state index is -0.820. The third-order valence-electron chi connectivity index (χ3n) is 6.14. The van der Waals surface area contributed by atoms with Gasteiger partial charge in [0.2, 0.25) is 11.8 Å². The standard InChI is InChI=1S/C24H29N3O2/c1-2-25(19-20-9-5-3-6-10-20)22(28)24(13-14-24)23(29)27-17-15-26(16-18-27)21-11-7-4-8-12-21/h3-12H,2,13-19H2,1H3. The summed E-state index contributed by atoms with van der Waals surface area (Å²) in [4.78, 5) is 32.6. The van der Waals surface area contributed by atoms with E-state index in [0.29, 0.717) is 39.0 Å². The summed E-state index contributed by atoms with van der Waals surface area (Å²) in [5, 5.41) is 0. The average molecular weight is 392 g/mol. The maximum atomic E-state index is 13.3. The Hall–Kier alpha value is -2.82. The summed E-state index contributed by atoms with van der Waals surface area (Å²) < 4.78 is 0. The number of para-hydroxylation sites is 1. The highest BCUT2D eigenvalue weighted by atomic mass is 16.2. The average Bonchev–Trinajstić information content (AvgIpc) is 3.60. The largest absolute Gasteiger partial charge is 0.368 e. The molecule has 5 nitrogen and oxygen atoms in total. The van der Waals surface area contributed by atoms with Gasteiger partial charge in [-0.05, 0) is 37.5 Å². The lowest BCUT2D eigenvalue weighted by atomic mass is 10.0. The third-order valence-corrected chi connectivity index (χ3v) is 6.14. The number of rotatable bonds is 6. The van der Waals surface area contributed by atoms with Crippen molar-refractivity contribution in [3.05, 3.63) is 66.2 Å². The van der Waals surface area contributed by atoms with Gasteiger partial charge in [-0.3, -0.25) is 9.59 Å². The van der Waals surface area contributed by atoms with Gasteiger partial charge >= 0.3 is 0 Å². The van der Waals surface area contributed by atoms with Crippen LogP contribution in [0.4, 0.5) is 5.69 Å². The Labute approximate surface area is 172 Å². The third kappa shape index (κ3) is 4.00. The van der Waals surface area contributed by atoms with Crippen LogP contribution in [0.25, 0.3) is 0 Å². The van der Waals surface area contributed by atoms with E-state index in [1.54, 1.807) is 0 Å². The highest BCUT2D eigenvalue weighted by molar-refractivity contribution is 6.07. The molecule has 0 aromatic heterocycles.